The van der Waals surface area contributed by atoms with Gasteiger partial charge in [0.1, 0.15) is 6.04 Å². The first-order chi connectivity index (χ1) is 8.90. The monoisotopic (exact) mass is 267 g/mol. The molecule has 19 heavy (non-hydrogen) atoms. The van der Waals surface area contributed by atoms with Crippen molar-refractivity contribution in [3.63, 3.8) is 0 Å². The van der Waals surface area contributed by atoms with Crippen molar-refractivity contribution in [1.82, 2.24) is 0 Å². The smallest absolute Gasteiger partial charge is 0.342 e. The van der Waals surface area contributed by atoms with Gasteiger partial charge in [0.2, 0.25) is 0 Å². The number of benzene rings is 1. The van der Waals surface area contributed by atoms with Gasteiger partial charge in [0, 0.05) is 12.1 Å². The van der Waals surface area contributed by atoms with E-state index >= 15 is 0 Å². The van der Waals surface area contributed by atoms with Crippen LogP contribution in [0.4, 0.5) is 11.4 Å². The molecule has 0 spiro atoms. The summed E-state index contributed by atoms with van der Waals surface area (Å²) in [5.74, 6) is -0.269. The largest absolute Gasteiger partial charge is 0.348 e. The number of nitrogens with two attached hydrogens (primary N) is 1. The summed E-state index contributed by atoms with van der Waals surface area (Å²) in [6.45, 7) is 3.91. The lowest BCUT2D eigenvalue weighted by Crippen LogP contribution is -2.34. The van der Waals surface area contributed by atoms with Crippen molar-refractivity contribution in [3.05, 3.63) is 34.4 Å². The van der Waals surface area contributed by atoms with E-state index in [1.54, 1.807) is 0 Å². The van der Waals surface area contributed by atoms with Crippen molar-refractivity contribution < 1.29 is 14.6 Å². The lowest BCUT2D eigenvalue weighted by atomic mass is 10.1. The summed E-state index contributed by atoms with van der Waals surface area (Å²) in [6, 6.07) is 4.82. The third kappa shape index (κ3) is 4.92. The number of nitrogens with one attached hydrogen (secondary N) is 1. The Hall–Kier alpha value is -2.15. The third-order valence-corrected chi connectivity index (χ3v) is 2.38. The molecule has 1 atom stereocenters. The molecular weight excluding hydrogens is 250 g/mol. The van der Waals surface area contributed by atoms with E-state index in [0.29, 0.717) is 18.0 Å². The Labute approximate surface area is 110 Å². The van der Waals surface area contributed by atoms with E-state index in [1.807, 2.05) is 13.8 Å². The van der Waals surface area contributed by atoms with Gasteiger partial charge in [-0.05, 0) is 24.5 Å². The Morgan fingerprint density at radius 1 is 1.42 bits per heavy atom. The molecule has 0 bridgehead atoms. The third-order valence-electron chi connectivity index (χ3n) is 2.38. The van der Waals surface area contributed by atoms with Crippen LogP contribution in [0.3, 0.4) is 0 Å². The highest BCUT2D eigenvalue weighted by molar-refractivity contribution is 5.76. The van der Waals surface area contributed by atoms with Crippen LogP contribution in [0, 0.1) is 16.0 Å². The average molecular weight is 267 g/mol. The van der Waals surface area contributed by atoms with Crippen LogP contribution >= 0.6 is 0 Å². The van der Waals surface area contributed by atoms with Crippen molar-refractivity contribution in [1.29, 1.82) is 0 Å². The van der Waals surface area contributed by atoms with Gasteiger partial charge < -0.3 is 10.6 Å². The van der Waals surface area contributed by atoms with Gasteiger partial charge in [0.25, 0.3) is 5.69 Å². The van der Waals surface area contributed by atoms with E-state index in [2.05, 4.69) is 5.48 Å². The number of nitro groups is 1. The maximum Gasteiger partial charge on any atom is 0.348 e. The van der Waals surface area contributed by atoms with Crippen molar-refractivity contribution in [2.45, 2.75) is 26.3 Å². The summed E-state index contributed by atoms with van der Waals surface area (Å²) >= 11 is 0. The lowest BCUT2D eigenvalue weighted by Gasteiger charge is -2.13. The highest BCUT2D eigenvalue weighted by Gasteiger charge is 2.17. The second kappa shape index (κ2) is 6.69. The second-order valence-electron chi connectivity index (χ2n) is 4.56. The molecule has 0 saturated carbocycles. The fourth-order valence-electron chi connectivity index (χ4n) is 1.44. The van der Waals surface area contributed by atoms with Crippen molar-refractivity contribution in [2.24, 2.45) is 11.7 Å². The highest BCUT2D eigenvalue weighted by atomic mass is 16.7. The molecule has 0 aliphatic rings. The number of non-ortho nitro benzene ring substituents is 1. The summed E-state index contributed by atoms with van der Waals surface area (Å²) in [7, 11) is 0. The van der Waals surface area contributed by atoms with Crippen molar-refractivity contribution in [2.75, 3.05) is 5.48 Å². The first-order valence-corrected chi connectivity index (χ1v) is 5.87. The maximum absolute atomic E-state index is 11.5. The predicted octanol–water partition coefficient (Wildman–Crippen LogP) is 1.84. The minimum atomic E-state index is -0.689. The summed E-state index contributed by atoms with van der Waals surface area (Å²) in [5, 5.41) is 10.5. The van der Waals surface area contributed by atoms with Crippen LogP contribution in [-0.4, -0.2) is 16.9 Å². The zero-order chi connectivity index (χ0) is 14.4. The van der Waals surface area contributed by atoms with E-state index in [9.17, 15) is 14.9 Å². The second-order valence-corrected chi connectivity index (χ2v) is 4.56. The summed E-state index contributed by atoms with van der Waals surface area (Å²) in [4.78, 5) is 26.3. The van der Waals surface area contributed by atoms with Crippen LogP contribution in [0.2, 0.25) is 0 Å². The molecule has 0 unspecified atom stereocenters. The number of rotatable bonds is 6. The number of anilines is 1. The first kappa shape index (κ1) is 14.9. The number of carbonyl (C=O) groups excluding carboxylic acids is 1. The molecule has 0 radical (unpaired) electrons. The van der Waals surface area contributed by atoms with E-state index in [-0.39, 0.29) is 5.69 Å². The van der Waals surface area contributed by atoms with Gasteiger partial charge in [-0.2, -0.15) is 0 Å². The molecule has 0 aliphatic heterocycles. The van der Waals surface area contributed by atoms with Gasteiger partial charge in [-0.1, -0.05) is 13.8 Å². The highest BCUT2D eigenvalue weighted by Crippen LogP contribution is 2.15. The van der Waals surface area contributed by atoms with Crippen LogP contribution in [0.5, 0.6) is 0 Å². The van der Waals surface area contributed by atoms with E-state index in [4.69, 9.17) is 10.6 Å². The Morgan fingerprint density at radius 3 is 2.47 bits per heavy atom. The van der Waals surface area contributed by atoms with Gasteiger partial charge >= 0.3 is 5.97 Å². The molecule has 1 rings (SSSR count). The summed E-state index contributed by atoms with van der Waals surface area (Å²) in [5.41, 5.74) is 8.46. The van der Waals surface area contributed by atoms with Gasteiger partial charge in [-0.15, -0.1) is 0 Å². The number of carbonyl (C=O) groups is 1. The normalized spacial score (nSPS) is 12.0. The minimum Gasteiger partial charge on any atom is -0.342 e. The minimum absolute atomic E-state index is 0.0339. The molecule has 7 heteroatoms. The zero-order valence-corrected chi connectivity index (χ0v) is 10.8. The van der Waals surface area contributed by atoms with Gasteiger partial charge in [0.15, 0.2) is 0 Å². The molecular formula is C12H17N3O4. The van der Waals surface area contributed by atoms with E-state index in [1.165, 1.54) is 24.3 Å². The van der Waals surface area contributed by atoms with Gasteiger partial charge in [-0.25, -0.2) is 10.3 Å². The Bertz CT molecular complexity index is 445. The van der Waals surface area contributed by atoms with Crippen molar-refractivity contribution in [3.8, 4) is 0 Å². The Kier molecular flexibility index (Phi) is 5.25. The quantitative estimate of drug-likeness (QED) is 0.601. The number of hydrogen-bond donors (Lipinski definition) is 2. The van der Waals surface area contributed by atoms with Crippen LogP contribution in [-0.2, 0) is 9.63 Å². The van der Waals surface area contributed by atoms with Gasteiger partial charge in [0.05, 0.1) is 10.6 Å². The van der Waals surface area contributed by atoms with Crippen LogP contribution < -0.4 is 11.2 Å². The van der Waals surface area contributed by atoms with E-state index in [0.717, 1.165) is 0 Å². The SMILES string of the molecule is CC(C)C[C@H](N)C(=O)ONc1ccc([N+](=O)[O-])cc1. The zero-order valence-electron chi connectivity index (χ0n) is 10.8. The summed E-state index contributed by atoms with van der Waals surface area (Å²) in [6.07, 6.45) is 0.529. The number of nitrogens with zero attached hydrogens (tertiary/aromatic N) is 1. The van der Waals surface area contributed by atoms with Crippen molar-refractivity contribution >= 4 is 17.3 Å². The van der Waals surface area contributed by atoms with Gasteiger partial charge in [-0.3, -0.25) is 10.1 Å². The average Bonchev–Trinajstić information content (AvgIpc) is 2.35. The molecule has 0 aliphatic carbocycles. The molecule has 0 saturated heterocycles. The molecule has 0 aromatic heterocycles. The van der Waals surface area contributed by atoms with Crippen LogP contribution in [0.15, 0.2) is 24.3 Å². The molecule has 0 fully saturated rings. The fourth-order valence-corrected chi connectivity index (χ4v) is 1.44. The molecule has 104 valence electrons. The Balaban J connectivity index is 2.48. The molecule has 1 aromatic carbocycles. The maximum atomic E-state index is 11.5. The van der Waals surface area contributed by atoms with E-state index < -0.39 is 16.9 Å². The van der Waals surface area contributed by atoms with Crippen LogP contribution in [0.25, 0.3) is 0 Å². The lowest BCUT2D eigenvalue weighted by molar-refractivity contribution is -0.384. The predicted molar refractivity (Wildman–Crippen MR) is 70.2 cm³/mol. The molecule has 7 nitrogen and oxygen atoms in total. The number of nitro benzene ring substituents is 1. The first-order valence-electron chi connectivity index (χ1n) is 5.87. The Morgan fingerprint density at radius 2 is 2.00 bits per heavy atom. The molecule has 3 N–H and O–H groups in total. The molecule has 0 heterocycles. The standard InChI is InChI=1S/C12H17N3O4/c1-8(2)7-11(13)12(16)19-14-9-3-5-10(6-4-9)15(17)18/h3-6,8,11,14H,7,13H2,1-2H3/t11-/m0/s1. The summed E-state index contributed by atoms with van der Waals surface area (Å²) < 4.78 is 0. The number of hydrogen-bond acceptors (Lipinski definition) is 6. The fraction of sp³-hybridized carbons (Fsp3) is 0.417. The molecule has 1 aromatic rings. The molecule has 0 amide bonds. The topological polar surface area (TPSA) is 107 Å². The van der Waals surface area contributed by atoms with Crippen LogP contribution in [0.1, 0.15) is 20.3 Å².